The first-order chi connectivity index (χ1) is 14.9. The highest BCUT2D eigenvalue weighted by atomic mass is 16.6. The third kappa shape index (κ3) is 6.72. The van der Waals surface area contributed by atoms with Gasteiger partial charge in [0.15, 0.2) is 0 Å². The largest absolute Gasteiger partial charge is 0.464 e. The number of ether oxygens (including phenoxy) is 1. The quantitative estimate of drug-likeness (QED) is 0.374. The van der Waals surface area contributed by atoms with E-state index in [1.165, 1.54) is 10.6 Å². The highest BCUT2D eigenvalue weighted by Gasteiger charge is 2.33. The van der Waals surface area contributed by atoms with Crippen molar-refractivity contribution in [1.29, 1.82) is 0 Å². The van der Waals surface area contributed by atoms with Crippen LogP contribution >= 0.6 is 0 Å². The number of hydrogen-bond donors (Lipinski definition) is 0. The molecule has 0 spiro atoms. The minimum Gasteiger partial charge on any atom is -0.464 e. The van der Waals surface area contributed by atoms with Crippen molar-refractivity contribution in [2.45, 2.75) is 54.0 Å². The van der Waals surface area contributed by atoms with E-state index in [-0.39, 0.29) is 18.2 Å². The van der Waals surface area contributed by atoms with Crippen LogP contribution in [0.1, 0.15) is 51.3 Å². The molecule has 1 atom stereocenters. The summed E-state index contributed by atoms with van der Waals surface area (Å²) in [6.45, 7) is 11.3. The number of rotatable bonds is 6. The van der Waals surface area contributed by atoms with Crippen molar-refractivity contribution in [3.05, 3.63) is 61.9 Å². The summed E-state index contributed by atoms with van der Waals surface area (Å²) in [5, 5.41) is 11.5. The van der Waals surface area contributed by atoms with Gasteiger partial charge in [-0.25, -0.2) is 4.79 Å². The summed E-state index contributed by atoms with van der Waals surface area (Å²) in [7, 11) is 0. The molecule has 0 aliphatic rings. The van der Waals surface area contributed by atoms with Gasteiger partial charge >= 0.3 is 23.4 Å². The van der Waals surface area contributed by atoms with Gasteiger partial charge in [0.25, 0.3) is 0 Å². The van der Waals surface area contributed by atoms with Gasteiger partial charge in [-0.15, -0.1) is 0 Å². The van der Waals surface area contributed by atoms with Crippen molar-refractivity contribution in [2.75, 3.05) is 6.61 Å². The number of carbonyl (C=O) groups excluding carboxylic acids is 3. The molecular formula is C23H28N2O7. The van der Waals surface area contributed by atoms with E-state index in [0.29, 0.717) is 23.2 Å². The number of esters is 1. The van der Waals surface area contributed by atoms with E-state index in [0.717, 1.165) is 5.56 Å². The van der Waals surface area contributed by atoms with Crippen molar-refractivity contribution in [3.8, 4) is 11.3 Å². The maximum atomic E-state index is 13.2. The zero-order valence-electron chi connectivity index (χ0n) is 19.1. The fourth-order valence-corrected chi connectivity index (χ4v) is 3.36. The summed E-state index contributed by atoms with van der Waals surface area (Å²) < 4.78 is 6.49. The van der Waals surface area contributed by atoms with E-state index >= 15 is 0 Å². The van der Waals surface area contributed by atoms with E-state index < -0.39 is 28.2 Å². The fraction of sp³-hybridized carbons (Fsp3) is 0.435. The minimum atomic E-state index is -0.975. The highest BCUT2D eigenvalue weighted by molar-refractivity contribution is 5.77. The molecule has 0 saturated carbocycles. The Balaban J connectivity index is 0.00000161. The van der Waals surface area contributed by atoms with Crippen LogP contribution in [0.25, 0.3) is 11.3 Å². The molecule has 0 bridgehead atoms. The Bertz CT molecular complexity index is 1060. The second kappa shape index (κ2) is 11.2. The van der Waals surface area contributed by atoms with Crippen molar-refractivity contribution in [3.63, 3.8) is 0 Å². The maximum Gasteiger partial charge on any atom is 0.373 e. The Morgan fingerprint density at radius 3 is 2.16 bits per heavy atom. The summed E-state index contributed by atoms with van der Waals surface area (Å²) in [6, 6.07) is 7.78. The molecule has 1 aromatic heterocycles. The first kappa shape index (κ1) is 26.5. The first-order valence-electron chi connectivity index (χ1n) is 10.0. The van der Waals surface area contributed by atoms with Gasteiger partial charge in [-0.3, -0.25) is 19.5 Å². The Kier molecular flexibility index (Phi) is 9.22. The van der Waals surface area contributed by atoms with E-state index in [1.807, 2.05) is 52.0 Å². The molecule has 9 heteroatoms. The van der Waals surface area contributed by atoms with Gasteiger partial charge < -0.3 is 4.74 Å². The molecule has 1 aromatic carbocycles. The molecule has 9 nitrogen and oxygen atoms in total. The second-order valence-corrected chi connectivity index (χ2v) is 8.48. The number of pyridine rings is 1. The number of nitrogens with zero attached hydrogens (tertiary/aromatic N) is 2. The molecule has 0 N–H and O–H groups in total. The average molecular weight is 444 g/mol. The second-order valence-electron chi connectivity index (χ2n) is 8.48. The minimum absolute atomic E-state index is 0.155. The van der Waals surface area contributed by atoms with E-state index in [4.69, 9.17) is 14.3 Å². The van der Waals surface area contributed by atoms with Crippen LogP contribution < -0.4 is 5.56 Å². The van der Waals surface area contributed by atoms with Crippen LogP contribution in [0.3, 0.4) is 0 Å². The molecule has 0 amide bonds. The zero-order valence-corrected chi connectivity index (χ0v) is 19.1. The number of hydrogen-bond acceptors (Lipinski definition) is 7. The summed E-state index contributed by atoms with van der Waals surface area (Å²) in [5.41, 5.74) is 1.10. The molecule has 0 fully saturated rings. The lowest BCUT2D eigenvalue weighted by molar-refractivity contribution is -0.386. The molecule has 172 valence electrons. The lowest BCUT2D eigenvalue weighted by Crippen LogP contribution is -2.36. The van der Waals surface area contributed by atoms with Crippen LogP contribution in [0.2, 0.25) is 0 Å². The van der Waals surface area contributed by atoms with Gasteiger partial charge in [0, 0.05) is 6.07 Å². The molecule has 2 rings (SSSR count). The Hall–Kier alpha value is -3.58. The molecule has 1 heterocycles. The molecule has 0 saturated heterocycles. The SMILES string of the molecule is CCOC(=O)C(CC(C)(C)C)n1c(-c2ccc(C)cc2)c(C)cc([N+](=O)[O-])c1=O.O=C=O. The van der Waals surface area contributed by atoms with Crippen molar-refractivity contribution in [1.82, 2.24) is 4.57 Å². The van der Waals surface area contributed by atoms with E-state index in [1.54, 1.807) is 13.8 Å². The van der Waals surface area contributed by atoms with E-state index in [2.05, 4.69) is 0 Å². The molecule has 32 heavy (non-hydrogen) atoms. The highest BCUT2D eigenvalue weighted by Crippen LogP contribution is 2.33. The fourth-order valence-electron chi connectivity index (χ4n) is 3.36. The number of aromatic nitrogens is 1. The normalized spacial score (nSPS) is 11.6. The number of carbonyl (C=O) groups is 1. The predicted octanol–water partition coefficient (Wildman–Crippen LogP) is 4.00. The smallest absolute Gasteiger partial charge is 0.373 e. The third-order valence-corrected chi connectivity index (χ3v) is 4.60. The average Bonchev–Trinajstić information content (AvgIpc) is 2.68. The van der Waals surface area contributed by atoms with Crippen LogP contribution in [0.4, 0.5) is 5.69 Å². The lowest BCUT2D eigenvalue weighted by atomic mass is 9.87. The van der Waals surface area contributed by atoms with Gasteiger partial charge in [0.05, 0.1) is 17.2 Å². The van der Waals surface area contributed by atoms with Crippen molar-refractivity contribution >= 4 is 17.8 Å². The van der Waals surface area contributed by atoms with Gasteiger partial charge in [0.2, 0.25) is 0 Å². The van der Waals surface area contributed by atoms with Crippen LogP contribution in [-0.4, -0.2) is 28.2 Å². The summed E-state index contributed by atoms with van der Waals surface area (Å²) >= 11 is 0. The summed E-state index contributed by atoms with van der Waals surface area (Å²) in [5.74, 6) is -0.571. The molecule has 1 unspecified atom stereocenters. The van der Waals surface area contributed by atoms with Gasteiger partial charge in [0.1, 0.15) is 6.04 Å². The third-order valence-electron chi connectivity index (χ3n) is 4.60. The molecule has 0 radical (unpaired) electrons. The van der Waals surface area contributed by atoms with E-state index in [9.17, 15) is 19.7 Å². The Morgan fingerprint density at radius 2 is 1.72 bits per heavy atom. The Morgan fingerprint density at radius 1 is 1.19 bits per heavy atom. The van der Waals surface area contributed by atoms with Gasteiger partial charge in [-0.1, -0.05) is 50.6 Å². The van der Waals surface area contributed by atoms with Crippen molar-refractivity contribution < 1.29 is 24.0 Å². The number of nitro groups is 1. The molecule has 0 aliphatic heterocycles. The van der Waals surface area contributed by atoms with Crippen LogP contribution in [0.15, 0.2) is 35.1 Å². The monoisotopic (exact) mass is 444 g/mol. The molecule has 0 aliphatic carbocycles. The number of benzene rings is 1. The van der Waals surface area contributed by atoms with Crippen LogP contribution in [-0.2, 0) is 19.1 Å². The predicted molar refractivity (Wildman–Crippen MR) is 117 cm³/mol. The van der Waals surface area contributed by atoms with Crippen LogP contribution in [0, 0.1) is 29.4 Å². The van der Waals surface area contributed by atoms with Crippen LogP contribution in [0.5, 0.6) is 0 Å². The molecule has 2 aromatic rings. The lowest BCUT2D eigenvalue weighted by Gasteiger charge is -2.28. The Labute approximate surface area is 186 Å². The standard InChI is InChI=1S/C22H28N2O5.CO2/c1-7-29-21(26)18(13-22(4,5)6)23-19(16-10-8-14(2)9-11-16)15(3)12-17(20(23)25)24(27)28;2-1-3/h8-12,18H,7,13H2,1-6H3;. The van der Waals surface area contributed by atoms with Crippen molar-refractivity contribution in [2.24, 2.45) is 5.41 Å². The first-order valence-corrected chi connectivity index (χ1v) is 10.0. The summed E-state index contributed by atoms with van der Waals surface area (Å²) in [4.78, 5) is 53.1. The van der Waals surface area contributed by atoms with Gasteiger partial charge in [-0.05, 0) is 43.7 Å². The topological polar surface area (TPSA) is 126 Å². The van der Waals surface area contributed by atoms with Gasteiger partial charge in [-0.2, -0.15) is 9.59 Å². The zero-order chi connectivity index (χ0) is 24.6. The summed E-state index contributed by atoms with van der Waals surface area (Å²) in [6.07, 6.45) is 0.547. The number of aryl methyl sites for hydroxylation is 2. The molecular weight excluding hydrogens is 416 g/mol. The maximum absolute atomic E-state index is 13.2.